The molecule has 2 fully saturated rings. The lowest BCUT2D eigenvalue weighted by molar-refractivity contribution is -0.317. The van der Waals surface area contributed by atoms with Crippen LogP contribution in [0.2, 0.25) is 0 Å². The second kappa shape index (κ2) is 18.2. The van der Waals surface area contributed by atoms with Gasteiger partial charge in [0.2, 0.25) is 0 Å². The highest BCUT2D eigenvalue weighted by Gasteiger charge is 2.51. The van der Waals surface area contributed by atoms with E-state index in [1.54, 1.807) is 64.1 Å². The first-order valence-electron chi connectivity index (χ1n) is 16.0. The van der Waals surface area contributed by atoms with E-state index in [1.165, 1.54) is 13.4 Å². The molecular formula is C33H46O16. The average molecular weight is 699 g/mol. The van der Waals surface area contributed by atoms with Gasteiger partial charge < -0.3 is 67.5 Å². The monoisotopic (exact) mass is 698 g/mol. The van der Waals surface area contributed by atoms with E-state index in [-0.39, 0.29) is 26.4 Å². The number of hydrogen-bond acceptors (Lipinski definition) is 16. The van der Waals surface area contributed by atoms with Crippen LogP contribution in [-0.2, 0) is 60.7 Å². The molecule has 10 atom stereocenters. The normalized spacial score (nSPS) is 30.3. The van der Waals surface area contributed by atoms with Crippen molar-refractivity contribution in [2.75, 3.05) is 20.3 Å². The van der Waals surface area contributed by atoms with Crippen LogP contribution in [0, 0.1) is 0 Å². The SMILES string of the molecule is COc1ccc(COC(=O)C2O[C@@H](OC(C)C)[C@@H](O)[C@@H](O)[C@@H]2OCCO[C@@H]2OC(C(=O)OCc3ccco3)[C@@H](OC(C)C)[C@H](O)[C@@H]2O)cc1. The Balaban J connectivity index is 1.38. The van der Waals surface area contributed by atoms with E-state index >= 15 is 0 Å². The van der Waals surface area contributed by atoms with Crippen molar-refractivity contribution in [1.29, 1.82) is 0 Å². The molecule has 1 aromatic carbocycles. The smallest absolute Gasteiger partial charge is 0.338 e. The molecule has 4 N–H and O–H groups in total. The summed E-state index contributed by atoms with van der Waals surface area (Å²) >= 11 is 0. The molecule has 2 unspecified atom stereocenters. The molecule has 1 aromatic heterocycles. The summed E-state index contributed by atoms with van der Waals surface area (Å²) in [7, 11) is 1.53. The lowest BCUT2D eigenvalue weighted by Crippen LogP contribution is -2.62. The largest absolute Gasteiger partial charge is 0.497 e. The van der Waals surface area contributed by atoms with Crippen molar-refractivity contribution in [3.63, 3.8) is 0 Å². The molecule has 0 bridgehead atoms. The molecule has 16 nitrogen and oxygen atoms in total. The van der Waals surface area contributed by atoms with Crippen LogP contribution in [0.4, 0.5) is 0 Å². The number of benzene rings is 1. The lowest BCUT2D eigenvalue weighted by Gasteiger charge is -2.42. The Morgan fingerprint density at radius 2 is 1.29 bits per heavy atom. The maximum atomic E-state index is 13.2. The molecule has 2 aliphatic heterocycles. The molecular weight excluding hydrogens is 652 g/mol. The summed E-state index contributed by atoms with van der Waals surface area (Å²) in [5, 5.41) is 43.3. The maximum absolute atomic E-state index is 13.2. The summed E-state index contributed by atoms with van der Waals surface area (Å²) in [4.78, 5) is 26.2. The fourth-order valence-corrected chi connectivity index (χ4v) is 5.15. The molecule has 0 saturated carbocycles. The van der Waals surface area contributed by atoms with Gasteiger partial charge in [-0.25, -0.2) is 9.59 Å². The molecule has 16 heteroatoms. The van der Waals surface area contributed by atoms with Crippen molar-refractivity contribution in [1.82, 2.24) is 0 Å². The third-order valence-corrected chi connectivity index (χ3v) is 7.54. The zero-order valence-electron chi connectivity index (χ0n) is 28.0. The fraction of sp³-hybridized carbons (Fsp3) is 0.636. The first-order valence-corrected chi connectivity index (χ1v) is 16.0. The zero-order valence-corrected chi connectivity index (χ0v) is 28.0. The van der Waals surface area contributed by atoms with E-state index in [1.807, 2.05) is 0 Å². The van der Waals surface area contributed by atoms with Gasteiger partial charge in [-0.3, -0.25) is 0 Å². The molecule has 0 aliphatic carbocycles. The van der Waals surface area contributed by atoms with E-state index in [4.69, 9.17) is 47.0 Å². The van der Waals surface area contributed by atoms with Crippen molar-refractivity contribution in [2.24, 2.45) is 0 Å². The number of rotatable bonds is 16. The standard InChI is InChI=1S/C33H46O16/c1-17(2)46-27-23(35)24(36)32(48-29(27)31(39)45-16-21-7-6-12-41-21)43-14-13-42-26-22(34)25(37)33(47-18(3)4)49-28(26)30(38)44-15-19-8-10-20(40-5)11-9-19/h6-12,17-18,22-29,32-37H,13-16H2,1-5H3/t22-,23-,24+,25+,26+,27+,28?,29?,32-,33-/m1/s1. The fourth-order valence-electron chi connectivity index (χ4n) is 5.15. The average Bonchev–Trinajstić information content (AvgIpc) is 3.60. The first kappa shape index (κ1) is 38.6. The van der Waals surface area contributed by atoms with Gasteiger partial charge >= 0.3 is 11.9 Å². The van der Waals surface area contributed by atoms with Crippen LogP contribution in [0.25, 0.3) is 0 Å². The number of carbonyl (C=O) groups excluding carboxylic acids is 2. The highest BCUT2D eigenvalue weighted by Crippen LogP contribution is 2.29. The Morgan fingerprint density at radius 3 is 1.90 bits per heavy atom. The molecule has 274 valence electrons. The van der Waals surface area contributed by atoms with E-state index < -0.39 is 85.6 Å². The molecule has 4 rings (SSSR count). The Kier molecular flexibility index (Phi) is 14.3. The summed E-state index contributed by atoms with van der Waals surface area (Å²) in [6.45, 7) is 5.78. The first-order chi connectivity index (χ1) is 23.4. The Hall–Kier alpha value is -3.16. The molecule has 2 saturated heterocycles. The van der Waals surface area contributed by atoms with Gasteiger partial charge in [-0.1, -0.05) is 12.1 Å². The third-order valence-electron chi connectivity index (χ3n) is 7.54. The van der Waals surface area contributed by atoms with Crippen molar-refractivity contribution in [2.45, 2.75) is 115 Å². The number of ether oxygens (including phenoxy) is 9. The Bertz CT molecular complexity index is 1280. The van der Waals surface area contributed by atoms with Crippen LogP contribution in [0.1, 0.15) is 39.0 Å². The predicted molar refractivity (Wildman–Crippen MR) is 165 cm³/mol. The quantitative estimate of drug-likeness (QED) is 0.140. The van der Waals surface area contributed by atoms with Crippen LogP contribution in [0.15, 0.2) is 47.1 Å². The Labute approximate surface area is 283 Å². The summed E-state index contributed by atoms with van der Waals surface area (Å²) in [5.41, 5.74) is 0.656. The zero-order chi connectivity index (χ0) is 35.7. The molecule has 2 aliphatic rings. The predicted octanol–water partition coefficient (Wildman–Crippen LogP) is 0.589. The van der Waals surface area contributed by atoms with Gasteiger partial charge in [-0.15, -0.1) is 0 Å². The minimum absolute atomic E-state index is 0.126. The molecule has 2 aromatic rings. The number of aliphatic hydroxyl groups is 4. The molecule has 49 heavy (non-hydrogen) atoms. The van der Waals surface area contributed by atoms with Crippen LogP contribution >= 0.6 is 0 Å². The molecule has 3 heterocycles. The minimum Gasteiger partial charge on any atom is -0.497 e. The van der Waals surface area contributed by atoms with Crippen LogP contribution in [0.3, 0.4) is 0 Å². The van der Waals surface area contributed by atoms with E-state index in [2.05, 4.69) is 0 Å². The molecule has 0 spiro atoms. The van der Waals surface area contributed by atoms with Crippen LogP contribution in [-0.4, -0.2) is 126 Å². The summed E-state index contributed by atoms with van der Waals surface area (Å²) < 4.78 is 55.1. The maximum Gasteiger partial charge on any atom is 0.338 e. The highest BCUT2D eigenvalue weighted by atomic mass is 16.7. The van der Waals surface area contributed by atoms with Gasteiger partial charge in [0.25, 0.3) is 0 Å². The number of furan rings is 1. The second-order valence-corrected chi connectivity index (χ2v) is 12.0. The van der Waals surface area contributed by atoms with Gasteiger partial charge in [0.05, 0.1) is 38.8 Å². The number of methoxy groups -OCH3 is 1. The highest BCUT2D eigenvalue weighted by molar-refractivity contribution is 5.76. The van der Waals surface area contributed by atoms with Gasteiger partial charge in [-0.05, 0) is 57.5 Å². The van der Waals surface area contributed by atoms with E-state index in [0.717, 1.165) is 0 Å². The number of esters is 2. The van der Waals surface area contributed by atoms with Crippen molar-refractivity contribution >= 4 is 11.9 Å². The topological polar surface area (TPSA) is 211 Å². The second-order valence-electron chi connectivity index (χ2n) is 12.0. The van der Waals surface area contributed by atoms with E-state index in [0.29, 0.717) is 17.1 Å². The van der Waals surface area contributed by atoms with Gasteiger partial charge in [0.15, 0.2) is 24.8 Å². The van der Waals surface area contributed by atoms with Gasteiger partial charge in [0.1, 0.15) is 61.3 Å². The number of carbonyl (C=O) groups is 2. The van der Waals surface area contributed by atoms with Crippen LogP contribution < -0.4 is 4.74 Å². The lowest BCUT2D eigenvalue weighted by atomic mass is 9.98. The van der Waals surface area contributed by atoms with Crippen molar-refractivity contribution < 1.29 is 77.1 Å². The molecule has 0 radical (unpaired) electrons. The number of hydrogen-bond donors (Lipinski definition) is 4. The molecule has 0 amide bonds. The number of aliphatic hydroxyl groups excluding tert-OH is 4. The Morgan fingerprint density at radius 1 is 0.714 bits per heavy atom. The summed E-state index contributed by atoms with van der Waals surface area (Å²) in [6.07, 6.45) is -14.5. The van der Waals surface area contributed by atoms with Crippen LogP contribution in [0.5, 0.6) is 5.75 Å². The summed E-state index contributed by atoms with van der Waals surface area (Å²) in [6, 6.07) is 10.1. The summed E-state index contributed by atoms with van der Waals surface area (Å²) in [5.74, 6) is -0.771. The van der Waals surface area contributed by atoms with Crippen molar-refractivity contribution in [3.05, 3.63) is 54.0 Å². The van der Waals surface area contributed by atoms with Gasteiger partial charge in [-0.2, -0.15) is 0 Å². The van der Waals surface area contributed by atoms with Gasteiger partial charge in [0, 0.05) is 0 Å². The van der Waals surface area contributed by atoms with Crippen molar-refractivity contribution in [3.8, 4) is 5.75 Å². The minimum atomic E-state index is -1.64. The van der Waals surface area contributed by atoms with E-state index in [9.17, 15) is 30.0 Å². The third kappa shape index (κ3) is 10.4.